The van der Waals surface area contributed by atoms with Crippen molar-refractivity contribution in [2.24, 2.45) is 0 Å². The summed E-state index contributed by atoms with van der Waals surface area (Å²) < 4.78 is 4.20. The highest BCUT2D eigenvalue weighted by Crippen LogP contribution is 2.37. The second-order valence-corrected chi connectivity index (χ2v) is 7.63. The predicted molar refractivity (Wildman–Crippen MR) is 115 cm³/mol. The van der Waals surface area contributed by atoms with E-state index in [0.29, 0.717) is 6.42 Å². The van der Waals surface area contributed by atoms with Gasteiger partial charge in [0.1, 0.15) is 12.7 Å². The first-order valence-electron chi connectivity index (χ1n) is 10.4. The van der Waals surface area contributed by atoms with Crippen molar-refractivity contribution in [3.63, 3.8) is 0 Å². The molecule has 0 amide bonds. The molecule has 148 valence electrons. The maximum atomic E-state index is 12.4. The van der Waals surface area contributed by atoms with Gasteiger partial charge in [0, 0.05) is 46.9 Å². The van der Waals surface area contributed by atoms with Gasteiger partial charge in [-0.15, -0.1) is 0 Å². The van der Waals surface area contributed by atoms with E-state index in [1.54, 1.807) is 17.3 Å². The lowest BCUT2D eigenvalue weighted by atomic mass is 10.0. The smallest absolute Gasteiger partial charge is 0.163 e. The molecule has 0 bridgehead atoms. The van der Waals surface area contributed by atoms with Crippen LogP contribution in [-0.4, -0.2) is 49.6 Å². The third-order valence-electron chi connectivity index (χ3n) is 6.24. The highest BCUT2D eigenvalue weighted by Gasteiger charge is 2.25. The second kappa shape index (κ2) is 7.12. The number of ketones is 1. The summed E-state index contributed by atoms with van der Waals surface area (Å²) in [6.45, 7) is 8.45. The topological polar surface area (TPSA) is 56.0 Å². The van der Waals surface area contributed by atoms with Crippen LogP contribution in [-0.2, 0) is 13.0 Å². The molecule has 0 saturated heterocycles. The van der Waals surface area contributed by atoms with Crippen molar-refractivity contribution in [3.8, 4) is 5.69 Å². The molecule has 0 fully saturated rings. The first-order valence-corrected chi connectivity index (χ1v) is 10.4. The van der Waals surface area contributed by atoms with Crippen LogP contribution in [0, 0.1) is 0 Å². The van der Waals surface area contributed by atoms with E-state index in [1.807, 2.05) is 6.07 Å². The Morgan fingerprint density at radius 1 is 1.07 bits per heavy atom. The number of likely N-dealkylation sites (N-methyl/N-ethyl adjacent to an activating group) is 1. The molecule has 6 nitrogen and oxygen atoms in total. The summed E-state index contributed by atoms with van der Waals surface area (Å²) in [5.74, 6) is 0.262. The Morgan fingerprint density at radius 2 is 1.90 bits per heavy atom. The molecule has 0 aliphatic heterocycles. The predicted octanol–water partition coefficient (Wildman–Crippen LogP) is 3.85. The van der Waals surface area contributed by atoms with Crippen LogP contribution in [0.2, 0.25) is 0 Å². The summed E-state index contributed by atoms with van der Waals surface area (Å²) in [7, 11) is 0. The molecule has 0 atom stereocenters. The summed E-state index contributed by atoms with van der Waals surface area (Å²) >= 11 is 0. The number of aromatic nitrogens is 4. The largest absolute Gasteiger partial charge is 0.339 e. The number of hydrogen-bond acceptors (Lipinski definition) is 4. The molecule has 0 N–H and O–H groups in total. The fraction of sp³-hybridized carbons (Fsp3) is 0.348. The Kier molecular flexibility index (Phi) is 4.43. The van der Waals surface area contributed by atoms with E-state index in [4.69, 9.17) is 0 Å². The molecule has 4 aromatic rings. The molecule has 1 aliphatic rings. The maximum Gasteiger partial charge on any atom is 0.163 e. The lowest BCUT2D eigenvalue weighted by Crippen LogP contribution is -2.26. The normalized spacial score (nSPS) is 13.8. The molecule has 2 aromatic heterocycles. The van der Waals surface area contributed by atoms with Gasteiger partial charge in [0.25, 0.3) is 0 Å². The molecule has 0 unspecified atom stereocenters. The number of nitrogens with zero attached hydrogens (tertiary/aromatic N) is 5. The van der Waals surface area contributed by atoms with Gasteiger partial charge in [0.05, 0.1) is 5.69 Å². The highest BCUT2D eigenvalue weighted by atomic mass is 16.1. The van der Waals surface area contributed by atoms with E-state index in [0.717, 1.165) is 43.9 Å². The van der Waals surface area contributed by atoms with Crippen molar-refractivity contribution in [1.82, 2.24) is 24.2 Å². The molecule has 5 rings (SSSR count). The van der Waals surface area contributed by atoms with Gasteiger partial charge in [-0.25, -0.2) is 9.67 Å². The van der Waals surface area contributed by atoms with Gasteiger partial charge >= 0.3 is 0 Å². The van der Waals surface area contributed by atoms with Gasteiger partial charge in [-0.2, -0.15) is 5.10 Å². The SMILES string of the molecule is CCN(CC)CCn1c2ccc(-n3cncn3)cc2c2c3c(ccc21)C(=O)CC3. The molecule has 0 spiro atoms. The van der Waals surface area contributed by atoms with Crippen LogP contribution < -0.4 is 0 Å². The third-order valence-corrected chi connectivity index (χ3v) is 6.24. The van der Waals surface area contributed by atoms with Crippen molar-refractivity contribution in [2.45, 2.75) is 33.2 Å². The molecule has 1 aliphatic carbocycles. The average Bonchev–Trinajstić information content (AvgIpc) is 3.47. The van der Waals surface area contributed by atoms with E-state index in [9.17, 15) is 4.79 Å². The first kappa shape index (κ1) is 18.1. The monoisotopic (exact) mass is 387 g/mol. The van der Waals surface area contributed by atoms with Crippen LogP contribution in [0.4, 0.5) is 0 Å². The Labute approximate surface area is 169 Å². The quantitative estimate of drug-likeness (QED) is 0.504. The van der Waals surface area contributed by atoms with E-state index in [2.05, 4.69) is 57.7 Å². The average molecular weight is 387 g/mol. The summed E-state index contributed by atoms with van der Waals surface area (Å²) in [4.78, 5) is 18.9. The molecule has 6 heteroatoms. The van der Waals surface area contributed by atoms with Gasteiger partial charge in [-0.1, -0.05) is 13.8 Å². The highest BCUT2D eigenvalue weighted by molar-refractivity contribution is 6.15. The van der Waals surface area contributed by atoms with Crippen molar-refractivity contribution < 1.29 is 4.79 Å². The number of hydrogen-bond donors (Lipinski definition) is 0. The van der Waals surface area contributed by atoms with Crippen LogP contribution >= 0.6 is 0 Å². The number of aryl methyl sites for hydroxylation is 1. The Bertz CT molecular complexity index is 1200. The lowest BCUT2D eigenvalue weighted by molar-refractivity contribution is 0.0994. The second-order valence-electron chi connectivity index (χ2n) is 7.63. The van der Waals surface area contributed by atoms with Crippen LogP contribution in [0.25, 0.3) is 27.5 Å². The molecule has 2 aromatic carbocycles. The Hall–Kier alpha value is -2.99. The molecular formula is C23H25N5O. The number of rotatable bonds is 6. The number of carbonyl (C=O) groups is 1. The van der Waals surface area contributed by atoms with Gasteiger partial charge < -0.3 is 9.47 Å². The van der Waals surface area contributed by atoms with Gasteiger partial charge in [0.2, 0.25) is 0 Å². The van der Waals surface area contributed by atoms with E-state index >= 15 is 0 Å². The van der Waals surface area contributed by atoms with Crippen LogP contribution in [0.5, 0.6) is 0 Å². The minimum Gasteiger partial charge on any atom is -0.339 e. The summed E-state index contributed by atoms with van der Waals surface area (Å²) in [6, 6.07) is 10.6. The minimum atomic E-state index is 0.262. The summed E-state index contributed by atoms with van der Waals surface area (Å²) in [5, 5.41) is 6.70. The summed E-state index contributed by atoms with van der Waals surface area (Å²) in [5.41, 5.74) is 5.51. The molecule has 0 saturated carbocycles. The molecule has 0 radical (unpaired) electrons. The molecular weight excluding hydrogens is 362 g/mol. The Morgan fingerprint density at radius 3 is 2.66 bits per heavy atom. The fourth-order valence-electron chi connectivity index (χ4n) is 4.65. The number of Topliss-reactive ketones (excluding diaryl/α,β-unsaturated/α-hetero) is 1. The lowest BCUT2D eigenvalue weighted by Gasteiger charge is -2.19. The van der Waals surface area contributed by atoms with Crippen LogP contribution in [0.3, 0.4) is 0 Å². The number of benzene rings is 2. The first-order chi connectivity index (χ1) is 14.2. The standard InChI is InChI=1S/C23H25N5O/c1-3-26(4-2)11-12-27-20-8-5-16(28-15-24-14-25-28)13-19(20)23-18-7-10-22(29)17(18)6-9-21(23)27/h5-6,8-9,13-15H,3-4,7,10-12H2,1-2H3. The number of fused-ring (bicyclic) bond motifs is 5. The Balaban J connectivity index is 1.74. The third kappa shape index (κ3) is 2.86. The van der Waals surface area contributed by atoms with E-state index < -0.39 is 0 Å². The molecule has 2 heterocycles. The van der Waals surface area contributed by atoms with Crippen molar-refractivity contribution in [1.29, 1.82) is 0 Å². The zero-order valence-corrected chi connectivity index (χ0v) is 16.9. The fourth-order valence-corrected chi connectivity index (χ4v) is 4.65. The van der Waals surface area contributed by atoms with Crippen molar-refractivity contribution in [2.75, 3.05) is 19.6 Å². The van der Waals surface area contributed by atoms with Gasteiger partial charge in [-0.3, -0.25) is 4.79 Å². The zero-order chi connectivity index (χ0) is 20.0. The van der Waals surface area contributed by atoms with Crippen LogP contribution in [0.15, 0.2) is 43.0 Å². The molecule has 29 heavy (non-hydrogen) atoms. The maximum absolute atomic E-state index is 12.4. The van der Waals surface area contributed by atoms with E-state index in [-0.39, 0.29) is 5.78 Å². The summed E-state index contributed by atoms with van der Waals surface area (Å²) in [6.07, 6.45) is 4.71. The van der Waals surface area contributed by atoms with Gasteiger partial charge in [-0.05, 0) is 55.4 Å². The number of carbonyl (C=O) groups excluding carboxylic acids is 1. The van der Waals surface area contributed by atoms with Crippen molar-refractivity contribution in [3.05, 3.63) is 54.1 Å². The van der Waals surface area contributed by atoms with Crippen LogP contribution in [0.1, 0.15) is 36.2 Å². The minimum absolute atomic E-state index is 0.262. The van der Waals surface area contributed by atoms with Crippen molar-refractivity contribution >= 4 is 27.6 Å². The zero-order valence-electron chi connectivity index (χ0n) is 16.9. The van der Waals surface area contributed by atoms with E-state index in [1.165, 1.54) is 27.4 Å². The van der Waals surface area contributed by atoms with Gasteiger partial charge in [0.15, 0.2) is 5.78 Å².